The molecule has 2 aromatic rings. The molecule has 0 fully saturated rings. The molecule has 0 saturated carbocycles. The highest BCUT2D eigenvalue weighted by Crippen LogP contribution is 2.33. The van der Waals surface area contributed by atoms with Crippen molar-refractivity contribution in [1.29, 1.82) is 0 Å². The molecule has 1 unspecified atom stereocenters. The molecule has 0 aliphatic carbocycles. The third-order valence-corrected chi connectivity index (χ3v) is 4.71. The lowest BCUT2D eigenvalue weighted by atomic mass is 10.4. The van der Waals surface area contributed by atoms with Crippen LogP contribution in [0.4, 0.5) is 0 Å². The molecule has 0 saturated heterocycles. The number of aliphatic hydroxyl groups excluding tert-OH is 1. The van der Waals surface area contributed by atoms with E-state index in [1.165, 1.54) is 11.3 Å². The predicted octanol–water partition coefficient (Wildman–Crippen LogP) is 2.74. The summed E-state index contributed by atoms with van der Waals surface area (Å²) in [5.41, 5.74) is 0.389. The molecule has 2 aromatic heterocycles. The van der Waals surface area contributed by atoms with Gasteiger partial charge in [0.25, 0.3) is 5.91 Å². The van der Waals surface area contributed by atoms with E-state index >= 15 is 0 Å². The van der Waals surface area contributed by atoms with Crippen molar-refractivity contribution in [3.8, 4) is 9.88 Å². The number of carbonyl (C=O) groups excluding carboxylic acids is 1. The average Bonchev–Trinajstić information content (AvgIpc) is 2.93. The first-order chi connectivity index (χ1) is 8.56. The molecule has 2 heterocycles. The van der Waals surface area contributed by atoms with Crippen LogP contribution in [-0.4, -0.2) is 28.6 Å². The Morgan fingerprint density at radius 1 is 1.61 bits per heavy atom. The van der Waals surface area contributed by atoms with Crippen molar-refractivity contribution < 1.29 is 9.90 Å². The summed E-state index contributed by atoms with van der Waals surface area (Å²) in [6.07, 6.45) is -0.555. The van der Waals surface area contributed by atoms with Gasteiger partial charge in [0.1, 0.15) is 10.7 Å². The fraction of sp³-hybridized carbons (Fsp3) is 0.273. The van der Waals surface area contributed by atoms with Gasteiger partial charge in [-0.3, -0.25) is 4.79 Å². The van der Waals surface area contributed by atoms with Crippen molar-refractivity contribution in [1.82, 2.24) is 10.3 Å². The molecule has 4 nitrogen and oxygen atoms in total. The highest BCUT2D eigenvalue weighted by molar-refractivity contribution is 9.11. The Morgan fingerprint density at radius 2 is 2.39 bits per heavy atom. The zero-order valence-corrected chi connectivity index (χ0v) is 12.7. The Morgan fingerprint density at radius 3 is 3.00 bits per heavy atom. The molecule has 0 bridgehead atoms. The summed E-state index contributed by atoms with van der Waals surface area (Å²) in [6.45, 7) is 1.85. The summed E-state index contributed by atoms with van der Waals surface area (Å²) in [5, 5.41) is 14.3. The van der Waals surface area contributed by atoms with E-state index in [9.17, 15) is 4.79 Å². The van der Waals surface area contributed by atoms with Gasteiger partial charge < -0.3 is 10.4 Å². The molecule has 0 aliphatic rings. The second-order valence-electron chi connectivity index (χ2n) is 3.70. The Balaban J connectivity index is 2.08. The average molecular weight is 347 g/mol. The van der Waals surface area contributed by atoms with E-state index in [0.717, 1.165) is 13.7 Å². The van der Waals surface area contributed by atoms with Crippen LogP contribution >= 0.6 is 38.6 Å². The van der Waals surface area contributed by atoms with Gasteiger partial charge in [-0.2, -0.15) is 0 Å². The molecule has 2 rings (SSSR count). The molecule has 0 aromatic carbocycles. The molecular formula is C11H11BrN2O2S2. The van der Waals surface area contributed by atoms with E-state index in [-0.39, 0.29) is 12.5 Å². The fourth-order valence-electron chi connectivity index (χ4n) is 1.25. The summed E-state index contributed by atoms with van der Waals surface area (Å²) in [5.74, 6) is -0.256. The van der Waals surface area contributed by atoms with E-state index in [4.69, 9.17) is 5.11 Å². The number of hydrogen-bond donors (Lipinski definition) is 2. The SMILES string of the molecule is CC(O)CNC(=O)c1csc(-c2ccc(Br)s2)n1. The lowest BCUT2D eigenvalue weighted by Gasteiger charge is -2.04. The van der Waals surface area contributed by atoms with E-state index in [0.29, 0.717) is 5.69 Å². The first kappa shape index (κ1) is 13.7. The number of rotatable bonds is 4. The second kappa shape index (κ2) is 5.92. The van der Waals surface area contributed by atoms with Crippen LogP contribution in [0.15, 0.2) is 21.3 Å². The molecule has 18 heavy (non-hydrogen) atoms. The van der Waals surface area contributed by atoms with Crippen LogP contribution in [0.5, 0.6) is 0 Å². The van der Waals surface area contributed by atoms with Crippen LogP contribution in [0.25, 0.3) is 9.88 Å². The van der Waals surface area contributed by atoms with Gasteiger partial charge in [-0.25, -0.2) is 4.98 Å². The van der Waals surface area contributed by atoms with Gasteiger partial charge in [-0.1, -0.05) is 0 Å². The molecular weight excluding hydrogens is 336 g/mol. The number of hydrogen-bond acceptors (Lipinski definition) is 5. The third-order valence-electron chi connectivity index (χ3n) is 2.08. The van der Waals surface area contributed by atoms with Gasteiger partial charge in [-0.05, 0) is 35.0 Å². The Labute approximate surface area is 121 Å². The molecule has 1 atom stereocenters. The fourth-order valence-corrected chi connectivity index (χ4v) is 3.51. The summed E-state index contributed by atoms with van der Waals surface area (Å²) >= 11 is 6.40. The van der Waals surface area contributed by atoms with Gasteiger partial charge in [0.2, 0.25) is 0 Å². The van der Waals surface area contributed by atoms with Crippen molar-refractivity contribution in [3.05, 3.63) is 27.0 Å². The zero-order chi connectivity index (χ0) is 13.1. The van der Waals surface area contributed by atoms with E-state index in [1.54, 1.807) is 23.6 Å². The molecule has 1 amide bonds. The standard InChI is InChI=1S/C11H11BrN2O2S2/c1-6(15)4-13-10(16)7-5-17-11(14-7)8-2-3-9(12)18-8/h2-3,5-6,15H,4H2,1H3,(H,13,16). The van der Waals surface area contributed by atoms with Crippen LogP contribution < -0.4 is 5.32 Å². The Bertz CT molecular complexity index is 551. The molecule has 0 aliphatic heterocycles. The van der Waals surface area contributed by atoms with Gasteiger partial charge in [0.15, 0.2) is 0 Å². The van der Waals surface area contributed by atoms with Crippen LogP contribution in [0.2, 0.25) is 0 Å². The minimum absolute atomic E-state index is 0.232. The van der Waals surface area contributed by atoms with E-state index in [2.05, 4.69) is 26.2 Å². The van der Waals surface area contributed by atoms with Crippen LogP contribution in [-0.2, 0) is 0 Å². The maximum atomic E-state index is 11.7. The number of halogens is 1. The number of thiophene rings is 1. The van der Waals surface area contributed by atoms with Crippen molar-refractivity contribution >= 4 is 44.5 Å². The molecule has 0 spiro atoms. The number of amides is 1. The minimum Gasteiger partial charge on any atom is -0.392 e. The van der Waals surface area contributed by atoms with Gasteiger partial charge in [0, 0.05) is 11.9 Å². The number of aliphatic hydroxyl groups is 1. The maximum Gasteiger partial charge on any atom is 0.270 e. The van der Waals surface area contributed by atoms with Crippen molar-refractivity contribution in [2.45, 2.75) is 13.0 Å². The first-order valence-corrected chi connectivity index (χ1v) is 7.72. The van der Waals surface area contributed by atoms with Gasteiger partial charge >= 0.3 is 0 Å². The molecule has 96 valence electrons. The monoisotopic (exact) mass is 346 g/mol. The van der Waals surface area contributed by atoms with E-state index in [1.807, 2.05) is 12.1 Å². The number of nitrogens with one attached hydrogen (secondary N) is 1. The minimum atomic E-state index is -0.555. The van der Waals surface area contributed by atoms with E-state index < -0.39 is 6.10 Å². The summed E-state index contributed by atoms with van der Waals surface area (Å²) in [7, 11) is 0. The lowest BCUT2D eigenvalue weighted by Crippen LogP contribution is -2.30. The number of aromatic nitrogens is 1. The van der Waals surface area contributed by atoms with Crippen LogP contribution in [0.3, 0.4) is 0 Å². The Kier molecular flexibility index (Phi) is 4.50. The summed E-state index contributed by atoms with van der Waals surface area (Å²) in [6, 6.07) is 3.92. The normalized spacial score (nSPS) is 12.4. The largest absolute Gasteiger partial charge is 0.392 e. The number of nitrogens with zero attached hydrogens (tertiary/aromatic N) is 1. The van der Waals surface area contributed by atoms with Crippen LogP contribution in [0, 0.1) is 0 Å². The molecule has 0 radical (unpaired) electrons. The maximum absolute atomic E-state index is 11.7. The molecule has 7 heteroatoms. The van der Waals surface area contributed by atoms with Crippen molar-refractivity contribution in [3.63, 3.8) is 0 Å². The highest BCUT2D eigenvalue weighted by atomic mass is 79.9. The van der Waals surface area contributed by atoms with Crippen molar-refractivity contribution in [2.24, 2.45) is 0 Å². The first-order valence-electron chi connectivity index (χ1n) is 5.24. The predicted molar refractivity (Wildman–Crippen MR) is 77.1 cm³/mol. The zero-order valence-electron chi connectivity index (χ0n) is 9.51. The third kappa shape index (κ3) is 3.38. The van der Waals surface area contributed by atoms with Crippen LogP contribution in [0.1, 0.15) is 17.4 Å². The lowest BCUT2D eigenvalue weighted by molar-refractivity contribution is 0.0920. The van der Waals surface area contributed by atoms with Gasteiger partial charge in [-0.15, -0.1) is 22.7 Å². The second-order valence-corrected chi connectivity index (χ2v) is 7.02. The van der Waals surface area contributed by atoms with Crippen molar-refractivity contribution in [2.75, 3.05) is 6.54 Å². The topological polar surface area (TPSA) is 62.2 Å². The molecule has 2 N–H and O–H groups in total. The quantitative estimate of drug-likeness (QED) is 0.894. The summed E-state index contributed by atoms with van der Waals surface area (Å²) < 4.78 is 1.04. The Hall–Kier alpha value is -0.760. The summed E-state index contributed by atoms with van der Waals surface area (Å²) in [4.78, 5) is 17.0. The number of thiazole rings is 1. The highest BCUT2D eigenvalue weighted by Gasteiger charge is 2.13. The van der Waals surface area contributed by atoms with Gasteiger partial charge in [0.05, 0.1) is 14.8 Å². The number of carbonyl (C=O) groups is 1. The smallest absolute Gasteiger partial charge is 0.270 e.